The average molecular weight is 228 g/mol. The van der Waals surface area contributed by atoms with Gasteiger partial charge in [0.25, 0.3) is 0 Å². The lowest BCUT2D eigenvalue weighted by molar-refractivity contribution is -0.140. The van der Waals surface area contributed by atoms with Gasteiger partial charge in [-0.2, -0.15) is 0 Å². The molecule has 1 heterocycles. The quantitative estimate of drug-likeness (QED) is 0.764. The summed E-state index contributed by atoms with van der Waals surface area (Å²) in [5.74, 6) is -1.41. The van der Waals surface area contributed by atoms with E-state index in [-0.39, 0.29) is 12.6 Å². The number of rotatable bonds is 3. The molecule has 1 saturated heterocycles. The molecular formula is C11H20N2O3. The van der Waals surface area contributed by atoms with Crippen molar-refractivity contribution in [3.05, 3.63) is 0 Å². The molecule has 0 aliphatic carbocycles. The number of carbonyl (C=O) groups is 2. The van der Waals surface area contributed by atoms with Gasteiger partial charge in [0, 0.05) is 19.6 Å². The first-order valence-corrected chi connectivity index (χ1v) is 5.87. The molecule has 0 saturated carbocycles. The van der Waals surface area contributed by atoms with Crippen LogP contribution in [0.25, 0.3) is 0 Å². The maximum absolute atomic E-state index is 11.7. The molecule has 5 heteroatoms. The van der Waals surface area contributed by atoms with Gasteiger partial charge in [-0.1, -0.05) is 19.8 Å². The zero-order valence-electron chi connectivity index (χ0n) is 9.74. The zero-order chi connectivity index (χ0) is 12.0. The Morgan fingerprint density at radius 1 is 1.25 bits per heavy atom. The number of carbonyl (C=O) groups excluding carboxylic acids is 1. The Labute approximate surface area is 95.8 Å². The predicted molar refractivity (Wildman–Crippen MR) is 60.2 cm³/mol. The molecule has 1 atom stereocenters. The van der Waals surface area contributed by atoms with Crippen LogP contribution in [0.3, 0.4) is 0 Å². The second-order valence-electron chi connectivity index (χ2n) is 4.33. The molecule has 16 heavy (non-hydrogen) atoms. The number of aliphatic carboxylic acids is 1. The van der Waals surface area contributed by atoms with E-state index in [1.54, 1.807) is 11.8 Å². The summed E-state index contributed by atoms with van der Waals surface area (Å²) in [6, 6.07) is -0.130. The van der Waals surface area contributed by atoms with E-state index in [2.05, 4.69) is 5.32 Å². The van der Waals surface area contributed by atoms with E-state index >= 15 is 0 Å². The summed E-state index contributed by atoms with van der Waals surface area (Å²) in [7, 11) is 0. The molecule has 1 aliphatic rings. The maximum Gasteiger partial charge on any atom is 0.317 e. The number of hydrogen-bond donors (Lipinski definition) is 2. The summed E-state index contributed by atoms with van der Waals surface area (Å²) in [6.07, 6.45) is 4.44. The van der Waals surface area contributed by atoms with Crippen molar-refractivity contribution < 1.29 is 14.7 Å². The molecule has 5 nitrogen and oxygen atoms in total. The SMILES string of the molecule is CC(CNC(=O)N1CCCCCC1)C(=O)O. The van der Waals surface area contributed by atoms with Crippen molar-refractivity contribution in [2.45, 2.75) is 32.6 Å². The highest BCUT2D eigenvalue weighted by atomic mass is 16.4. The molecule has 1 fully saturated rings. The van der Waals surface area contributed by atoms with Crippen LogP contribution in [-0.4, -0.2) is 41.6 Å². The third-order valence-electron chi connectivity index (χ3n) is 2.87. The molecule has 2 N–H and O–H groups in total. The third-order valence-corrected chi connectivity index (χ3v) is 2.87. The number of hydrogen-bond acceptors (Lipinski definition) is 2. The molecule has 92 valence electrons. The minimum atomic E-state index is -0.879. The molecule has 0 spiro atoms. The van der Waals surface area contributed by atoms with E-state index in [9.17, 15) is 9.59 Å². The topological polar surface area (TPSA) is 69.6 Å². The summed E-state index contributed by atoms with van der Waals surface area (Å²) >= 11 is 0. The molecule has 0 bridgehead atoms. The van der Waals surface area contributed by atoms with E-state index in [0.29, 0.717) is 0 Å². The third kappa shape index (κ3) is 4.08. The lowest BCUT2D eigenvalue weighted by Gasteiger charge is -2.21. The normalized spacial score (nSPS) is 18.7. The van der Waals surface area contributed by atoms with E-state index in [1.807, 2.05) is 0 Å². The van der Waals surface area contributed by atoms with Gasteiger partial charge in [0.05, 0.1) is 5.92 Å². The summed E-state index contributed by atoms with van der Waals surface area (Å²) in [5, 5.41) is 11.4. The molecule has 0 aromatic rings. The van der Waals surface area contributed by atoms with Crippen LogP contribution in [-0.2, 0) is 4.79 Å². The zero-order valence-corrected chi connectivity index (χ0v) is 9.74. The second kappa shape index (κ2) is 6.35. The fraction of sp³-hybridized carbons (Fsp3) is 0.818. The lowest BCUT2D eigenvalue weighted by atomic mass is 10.2. The number of amides is 2. The smallest absolute Gasteiger partial charge is 0.317 e. The van der Waals surface area contributed by atoms with Crippen LogP contribution in [0.5, 0.6) is 0 Å². The Morgan fingerprint density at radius 3 is 2.31 bits per heavy atom. The Morgan fingerprint density at radius 2 is 1.81 bits per heavy atom. The van der Waals surface area contributed by atoms with Gasteiger partial charge in [-0.05, 0) is 12.8 Å². The number of likely N-dealkylation sites (tertiary alicyclic amines) is 1. The largest absolute Gasteiger partial charge is 0.481 e. The molecule has 0 aromatic carbocycles. The number of nitrogens with zero attached hydrogens (tertiary/aromatic N) is 1. The van der Waals surface area contributed by atoms with Gasteiger partial charge >= 0.3 is 12.0 Å². The first-order chi connectivity index (χ1) is 7.61. The molecule has 1 rings (SSSR count). The Hall–Kier alpha value is -1.26. The van der Waals surface area contributed by atoms with Gasteiger partial charge in [0.15, 0.2) is 0 Å². The highest BCUT2D eigenvalue weighted by Gasteiger charge is 2.17. The van der Waals surface area contributed by atoms with Crippen molar-refractivity contribution in [2.75, 3.05) is 19.6 Å². The van der Waals surface area contributed by atoms with Crippen LogP contribution in [0, 0.1) is 5.92 Å². The summed E-state index contributed by atoms with van der Waals surface area (Å²) in [5.41, 5.74) is 0. The van der Waals surface area contributed by atoms with Crippen molar-refractivity contribution in [2.24, 2.45) is 5.92 Å². The number of urea groups is 1. The van der Waals surface area contributed by atoms with Crippen molar-refractivity contribution in [3.8, 4) is 0 Å². The lowest BCUT2D eigenvalue weighted by Crippen LogP contribution is -2.42. The highest BCUT2D eigenvalue weighted by Crippen LogP contribution is 2.09. The van der Waals surface area contributed by atoms with Crippen molar-refractivity contribution >= 4 is 12.0 Å². The van der Waals surface area contributed by atoms with Crippen molar-refractivity contribution in [1.82, 2.24) is 10.2 Å². The minimum absolute atomic E-state index is 0.130. The minimum Gasteiger partial charge on any atom is -0.481 e. The van der Waals surface area contributed by atoms with Gasteiger partial charge < -0.3 is 15.3 Å². The molecule has 0 aromatic heterocycles. The Balaban J connectivity index is 2.30. The fourth-order valence-corrected chi connectivity index (χ4v) is 1.71. The molecular weight excluding hydrogens is 208 g/mol. The number of carboxylic acid groups (broad SMARTS) is 1. The van der Waals surface area contributed by atoms with Crippen LogP contribution < -0.4 is 5.32 Å². The van der Waals surface area contributed by atoms with E-state index in [0.717, 1.165) is 25.9 Å². The Kier molecular flexibility index (Phi) is 5.08. The van der Waals surface area contributed by atoms with Crippen LogP contribution in [0.2, 0.25) is 0 Å². The van der Waals surface area contributed by atoms with Crippen LogP contribution >= 0.6 is 0 Å². The standard InChI is InChI=1S/C11H20N2O3/c1-9(10(14)15)8-12-11(16)13-6-4-2-3-5-7-13/h9H,2-8H2,1H3,(H,12,16)(H,14,15). The molecule has 2 amide bonds. The molecule has 0 radical (unpaired) electrons. The average Bonchev–Trinajstić information content (AvgIpc) is 2.53. The first-order valence-electron chi connectivity index (χ1n) is 5.87. The number of carboxylic acids is 1. The van der Waals surface area contributed by atoms with Crippen LogP contribution in [0.15, 0.2) is 0 Å². The first kappa shape index (κ1) is 12.8. The van der Waals surface area contributed by atoms with Crippen LogP contribution in [0.1, 0.15) is 32.6 Å². The molecule has 1 unspecified atom stereocenters. The summed E-state index contributed by atoms with van der Waals surface area (Å²) < 4.78 is 0. The monoisotopic (exact) mass is 228 g/mol. The summed E-state index contributed by atoms with van der Waals surface area (Å²) in [6.45, 7) is 3.36. The highest BCUT2D eigenvalue weighted by molar-refractivity contribution is 5.75. The number of nitrogens with one attached hydrogen (secondary N) is 1. The fourth-order valence-electron chi connectivity index (χ4n) is 1.71. The second-order valence-corrected chi connectivity index (χ2v) is 4.33. The van der Waals surface area contributed by atoms with E-state index in [4.69, 9.17) is 5.11 Å². The predicted octanol–water partition coefficient (Wildman–Crippen LogP) is 1.29. The molecule has 1 aliphatic heterocycles. The van der Waals surface area contributed by atoms with Gasteiger partial charge in [0.2, 0.25) is 0 Å². The van der Waals surface area contributed by atoms with Gasteiger partial charge in [0.1, 0.15) is 0 Å². The maximum atomic E-state index is 11.7. The van der Waals surface area contributed by atoms with Gasteiger partial charge in [-0.25, -0.2) is 4.79 Å². The van der Waals surface area contributed by atoms with Crippen LogP contribution in [0.4, 0.5) is 4.79 Å². The van der Waals surface area contributed by atoms with Gasteiger partial charge in [-0.15, -0.1) is 0 Å². The van der Waals surface area contributed by atoms with Crippen molar-refractivity contribution in [3.63, 3.8) is 0 Å². The summed E-state index contributed by atoms with van der Waals surface area (Å²) in [4.78, 5) is 24.1. The van der Waals surface area contributed by atoms with Crippen molar-refractivity contribution in [1.29, 1.82) is 0 Å². The van der Waals surface area contributed by atoms with Gasteiger partial charge in [-0.3, -0.25) is 4.79 Å². The van der Waals surface area contributed by atoms with E-state index in [1.165, 1.54) is 12.8 Å². The van der Waals surface area contributed by atoms with E-state index < -0.39 is 11.9 Å². The Bertz CT molecular complexity index is 248.